The molecular formula is C15H15N3O3. The van der Waals surface area contributed by atoms with Gasteiger partial charge in [-0.05, 0) is 36.8 Å². The molecule has 108 valence electrons. The number of hydrogen-bond acceptors (Lipinski definition) is 4. The molecule has 0 aliphatic carbocycles. The summed E-state index contributed by atoms with van der Waals surface area (Å²) in [5.74, 6) is -0.628. The lowest BCUT2D eigenvalue weighted by molar-refractivity contribution is -0.133. The topological polar surface area (TPSA) is 80.3 Å². The zero-order valence-electron chi connectivity index (χ0n) is 11.7. The third-order valence-electron chi connectivity index (χ3n) is 2.69. The van der Waals surface area contributed by atoms with Crippen molar-refractivity contribution in [3.63, 3.8) is 0 Å². The van der Waals surface area contributed by atoms with Gasteiger partial charge in [-0.15, -0.1) is 0 Å². The Morgan fingerprint density at radius 1 is 1.10 bits per heavy atom. The number of rotatable bonds is 3. The van der Waals surface area contributed by atoms with Gasteiger partial charge in [0.05, 0.1) is 7.11 Å². The van der Waals surface area contributed by atoms with Crippen molar-refractivity contribution in [3.05, 3.63) is 48.2 Å². The third-order valence-corrected chi connectivity index (χ3v) is 2.69. The Kier molecular flexibility index (Phi) is 4.50. The van der Waals surface area contributed by atoms with E-state index in [0.29, 0.717) is 17.3 Å². The first-order valence-corrected chi connectivity index (χ1v) is 6.27. The van der Waals surface area contributed by atoms with Gasteiger partial charge in [0, 0.05) is 18.0 Å². The lowest BCUT2D eigenvalue weighted by Crippen LogP contribution is -2.29. The number of carbonyl (C=O) groups excluding carboxylic acids is 2. The van der Waals surface area contributed by atoms with Gasteiger partial charge >= 0.3 is 11.8 Å². The van der Waals surface area contributed by atoms with Crippen molar-refractivity contribution in [1.82, 2.24) is 4.98 Å². The molecule has 0 saturated heterocycles. The number of nitrogens with one attached hydrogen (secondary N) is 2. The molecular weight excluding hydrogens is 270 g/mol. The van der Waals surface area contributed by atoms with Crippen LogP contribution >= 0.6 is 0 Å². The largest absolute Gasteiger partial charge is 0.497 e. The predicted octanol–water partition coefficient (Wildman–Crippen LogP) is 1.98. The van der Waals surface area contributed by atoms with Crippen LogP contribution in [0, 0.1) is 6.92 Å². The lowest BCUT2D eigenvalue weighted by atomic mass is 10.3. The molecule has 1 aromatic carbocycles. The molecule has 1 heterocycles. The molecule has 6 nitrogen and oxygen atoms in total. The second kappa shape index (κ2) is 6.51. The van der Waals surface area contributed by atoms with Crippen LogP contribution in [0.3, 0.4) is 0 Å². The standard InChI is InChI=1S/C15H15N3O3/c1-10-6-7-16-13(8-10)18-15(20)14(19)17-11-4-3-5-12(9-11)21-2/h3-9H,1-2H3,(H,17,19)(H,16,18,20). The molecule has 21 heavy (non-hydrogen) atoms. The zero-order valence-corrected chi connectivity index (χ0v) is 11.7. The molecule has 6 heteroatoms. The van der Waals surface area contributed by atoms with E-state index < -0.39 is 11.8 Å². The molecule has 0 aliphatic rings. The van der Waals surface area contributed by atoms with Gasteiger partial charge in [0.1, 0.15) is 11.6 Å². The number of benzene rings is 1. The molecule has 0 bridgehead atoms. The average molecular weight is 285 g/mol. The number of methoxy groups -OCH3 is 1. The van der Waals surface area contributed by atoms with Crippen molar-refractivity contribution in [2.24, 2.45) is 0 Å². The SMILES string of the molecule is COc1cccc(NC(=O)C(=O)Nc2cc(C)ccn2)c1. The molecule has 0 saturated carbocycles. The molecule has 2 N–H and O–H groups in total. The van der Waals surface area contributed by atoms with E-state index in [1.807, 2.05) is 6.92 Å². The molecule has 0 atom stereocenters. The highest BCUT2D eigenvalue weighted by molar-refractivity contribution is 6.43. The number of nitrogens with zero attached hydrogens (tertiary/aromatic N) is 1. The van der Waals surface area contributed by atoms with Crippen molar-refractivity contribution in [3.8, 4) is 5.75 Å². The Bertz CT molecular complexity index is 671. The summed E-state index contributed by atoms with van der Waals surface area (Å²) in [5, 5.41) is 4.93. The predicted molar refractivity (Wildman–Crippen MR) is 79.2 cm³/mol. The van der Waals surface area contributed by atoms with Gasteiger partial charge in [0.25, 0.3) is 0 Å². The maximum Gasteiger partial charge on any atom is 0.315 e. The Balaban J connectivity index is 2.01. The van der Waals surface area contributed by atoms with Crippen LogP contribution in [-0.4, -0.2) is 23.9 Å². The number of carbonyl (C=O) groups is 2. The van der Waals surface area contributed by atoms with Gasteiger partial charge in [0.2, 0.25) is 0 Å². The van der Waals surface area contributed by atoms with Crippen molar-refractivity contribution >= 4 is 23.3 Å². The monoisotopic (exact) mass is 285 g/mol. The lowest BCUT2D eigenvalue weighted by Gasteiger charge is -2.07. The van der Waals surface area contributed by atoms with E-state index in [0.717, 1.165) is 5.56 Å². The van der Waals surface area contributed by atoms with E-state index >= 15 is 0 Å². The van der Waals surface area contributed by atoms with Crippen LogP contribution in [0.2, 0.25) is 0 Å². The van der Waals surface area contributed by atoms with Crippen molar-refractivity contribution in [1.29, 1.82) is 0 Å². The number of anilines is 2. The highest BCUT2D eigenvalue weighted by atomic mass is 16.5. The molecule has 0 spiro atoms. The molecule has 0 aliphatic heterocycles. The summed E-state index contributed by atoms with van der Waals surface area (Å²) in [6, 6.07) is 10.2. The fraction of sp³-hybridized carbons (Fsp3) is 0.133. The van der Waals surface area contributed by atoms with Crippen LogP contribution in [0.25, 0.3) is 0 Å². The molecule has 2 rings (SSSR count). The van der Waals surface area contributed by atoms with Gasteiger partial charge in [-0.3, -0.25) is 9.59 Å². The van der Waals surface area contributed by atoms with E-state index in [1.165, 1.54) is 7.11 Å². The molecule has 0 fully saturated rings. The first-order chi connectivity index (χ1) is 10.1. The fourth-order valence-corrected chi connectivity index (χ4v) is 1.67. The Morgan fingerprint density at radius 3 is 2.57 bits per heavy atom. The van der Waals surface area contributed by atoms with Crippen molar-refractivity contribution in [2.75, 3.05) is 17.7 Å². The Morgan fingerprint density at radius 2 is 1.86 bits per heavy atom. The maximum absolute atomic E-state index is 11.8. The van der Waals surface area contributed by atoms with E-state index in [1.54, 1.807) is 42.6 Å². The first kappa shape index (κ1) is 14.5. The van der Waals surface area contributed by atoms with Crippen LogP contribution in [0.1, 0.15) is 5.56 Å². The van der Waals surface area contributed by atoms with Crippen LogP contribution in [0.4, 0.5) is 11.5 Å². The maximum atomic E-state index is 11.8. The number of pyridine rings is 1. The second-order valence-electron chi connectivity index (χ2n) is 4.36. The normalized spacial score (nSPS) is 9.81. The van der Waals surface area contributed by atoms with Crippen LogP contribution in [-0.2, 0) is 9.59 Å². The summed E-state index contributed by atoms with van der Waals surface area (Å²) in [6.07, 6.45) is 1.56. The highest BCUT2D eigenvalue weighted by Crippen LogP contribution is 2.16. The van der Waals surface area contributed by atoms with Crippen molar-refractivity contribution < 1.29 is 14.3 Å². The second-order valence-corrected chi connectivity index (χ2v) is 4.36. The molecule has 0 radical (unpaired) electrons. The van der Waals surface area contributed by atoms with E-state index in [-0.39, 0.29) is 0 Å². The van der Waals surface area contributed by atoms with Gasteiger partial charge in [-0.1, -0.05) is 6.07 Å². The molecule has 1 aromatic heterocycles. The Labute approximate surface area is 122 Å². The third kappa shape index (κ3) is 4.04. The number of hydrogen-bond donors (Lipinski definition) is 2. The van der Waals surface area contributed by atoms with E-state index in [4.69, 9.17) is 4.74 Å². The fourth-order valence-electron chi connectivity index (χ4n) is 1.67. The van der Waals surface area contributed by atoms with Gasteiger partial charge < -0.3 is 15.4 Å². The summed E-state index contributed by atoms with van der Waals surface area (Å²) in [4.78, 5) is 27.6. The minimum absolute atomic E-state index is 0.334. The summed E-state index contributed by atoms with van der Waals surface area (Å²) >= 11 is 0. The van der Waals surface area contributed by atoms with E-state index in [2.05, 4.69) is 15.6 Å². The number of aromatic nitrogens is 1. The number of amides is 2. The molecule has 0 unspecified atom stereocenters. The summed E-state index contributed by atoms with van der Waals surface area (Å²) in [5.41, 5.74) is 1.42. The summed E-state index contributed by atoms with van der Waals surface area (Å²) in [7, 11) is 1.52. The van der Waals surface area contributed by atoms with Crippen LogP contribution in [0.5, 0.6) is 5.75 Å². The van der Waals surface area contributed by atoms with Crippen molar-refractivity contribution in [2.45, 2.75) is 6.92 Å². The number of aryl methyl sites for hydroxylation is 1. The summed E-state index contributed by atoms with van der Waals surface area (Å²) < 4.78 is 5.04. The average Bonchev–Trinajstić information content (AvgIpc) is 2.47. The Hall–Kier alpha value is -2.89. The molecule has 2 aromatic rings. The smallest absolute Gasteiger partial charge is 0.315 e. The van der Waals surface area contributed by atoms with Gasteiger partial charge in [-0.2, -0.15) is 0 Å². The number of ether oxygens (including phenoxy) is 1. The van der Waals surface area contributed by atoms with Crippen LogP contribution in [0.15, 0.2) is 42.6 Å². The zero-order chi connectivity index (χ0) is 15.2. The minimum Gasteiger partial charge on any atom is -0.497 e. The van der Waals surface area contributed by atoms with E-state index in [9.17, 15) is 9.59 Å². The van der Waals surface area contributed by atoms with Gasteiger partial charge in [-0.25, -0.2) is 4.98 Å². The highest BCUT2D eigenvalue weighted by Gasteiger charge is 2.14. The molecule has 2 amide bonds. The minimum atomic E-state index is -0.782. The quantitative estimate of drug-likeness (QED) is 0.845. The first-order valence-electron chi connectivity index (χ1n) is 6.27. The van der Waals surface area contributed by atoms with Crippen LogP contribution < -0.4 is 15.4 Å². The van der Waals surface area contributed by atoms with Gasteiger partial charge in [0.15, 0.2) is 0 Å². The summed E-state index contributed by atoms with van der Waals surface area (Å²) in [6.45, 7) is 1.87.